The minimum Gasteiger partial charge on any atom is -0.356 e. The molecule has 0 aliphatic heterocycles. The van der Waals surface area contributed by atoms with Crippen LogP contribution in [-0.4, -0.2) is 40.2 Å². The average molecular weight is 414 g/mol. The minimum atomic E-state index is -4.75. The lowest BCUT2D eigenvalue weighted by atomic mass is 9.96. The molecule has 12 heteroatoms. The van der Waals surface area contributed by atoms with Gasteiger partial charge in [0, 0.05) is 6.42 Å². The predicted octanol–water partition coefficient (Wildman–Crippen LogP) is 4.48. The smallest absolute Gasteiger partial charge is 0.356 e. The molecule has 2 N–H and O–H groups in total. The second-order valence-corrected chi connectivity index (χ2v) is 6.36. The highest BCUT2D eigenvalue weighted by molar-refractivity contribution is 5.98. The van der Waals surface area contributed by atoms with E-state index in [-0.39, 0.29) is 24.2 Å². The Morgan fingerprint density at radius 3 is 2.07 bits per heavy atom. The number of aromatic nitrogens is 2. The van der Waals surface area contributed by atoms with Gasteiger partial charge in [-0.05, 0) is 38.3 Å². The fourth-order valence-electron chi connectivity index (χ4n) is 2.36. The molecular weight excluding hydrogens is 397 g/mol. The third-order valence-electron chi connectivity index (χ3n) is 4.04. The standard InChI is InChI=1S/C16H17F7N4O/c1-7(15(18,19)20)24-13-11(17)12(9-4-3-5-10(28)6-9)26-14(27-13)25-8(2)16(21,22)23/h6-8H,3-5H2,1-2H3,(H2,24,25,26,27). The molecule has 0 amide bonds. The summed E-state index contributed by atoms with van der Waals surface area (Å²) in [4.78, 5) is 18.7. The topological polar surface area (TPSA) is 66.9 Å². The summed E-state index contributed by atoms with van der Waals surface area (Å²) in [5.74, 6) is -3.24. The Balaban J connectivity index is 2.49. The van der Waals surface area contributed by atoms with Crippen molar-refractivity contribution in [2.24, 2.45) is 0 Å². The van der Waals surface area contributed by atoms with Crippen molar-refractivity contribution >= 4 is 23.1 Å². The Bertz CT molecular complexity index is 773. The number of halogens is 7. The molecule has 1 aliphatic carbocycles. The number of hydrogen-bond acceptors (Lipinski definition) is 5. The summed E-state index contributed by atoms with van der Waals surface area (Å²) in [5.41, 5.74) is -0.432. The molecule has 1 aliphatic rings. The van der Waals surface area contributed by atoms with Gasteiger partial charge in [0.05, 0.1) is 0 Å². The number of rotatable bonds is 5. The number of nitrogens with zero attached hydrogens (tertiary/aromatic N) is 2. The lowest BCUT2D eigenvalue weighted by molar-refractivity contribution is -0.139. The average Bonchev–Trinajstić information content (AvgIpc) is 2.55. The van der Waals surface area contributed by atoms with Crippen LogP contribution in [0.2, 0.25) is 0 Å². The van der Waals surface area contributed by atoms with Gasteiger partial charge in [0.15, 0.2) is 17.4 Å². The van der Waals surface area contributed by atoms with Crippen LogP contribution < -0.4 is 10.6 Å². The van der Waals surface area contributed by atoms with Gasteiger partial charge in [-0.3, -0.25) is 4.79 Å². The molecule has 156 valence electrons. The van der Waals surface area contributed by atoms with E-state index < -0.39 is 47.7 Å². The molecule has 28 heavy (non-hydrogen) atoms. The Hall–Kier alpha value is -2.40. The zero-order valence-corrected chi connectivity index (χ0v) is 14.8. The molecule has 1 heterocycles. The molecule has 2 unspecified atom stereocenters. The summed E-state index contributed by atoms with van der Waals surface area (Å²) in [6.45, 7) is 1.46. The van der Waals surface area contributed by atoms with Gasteiger partial charge in [0.2, 0.25) is 5.95 Å². The van der Waals surface area contributed by atoms with Gasteiger partial charge in [-0.15, -0.1) is 0 Å². The summed E-state index contributed by atoms with van der Waals surface area (Å²) in [7, 11) is 0. The third-order valence-corrected chi connectivity index (χ3v) is 4.04. The molecule has 1 aromatic heterocycles. The van der Waals surface area contributed by atoms with Crippen LogP contribution in [0.1, 0.15) is 38.8 Å². The highest BCUT2D eigenvalue weighted by Gasteiger charge is 2.38. The first-order chi connectivity index (χ1) is 12.8. The van der Waals surface area contributed by atoms with E-state index in [1.165, 1.54) is 0 Å². The molecule has 5 nitrogen and oxygen atoms in total. The van der Waals surface area contributed by atoms with Crippen molar-refractivity contribution in [2.45, 2.75) is 57.5 Å². The summed E-state index contributed by atoms with van der Waals surface area (Å²) < 4.78 is 91.4. The van der Waals surface area contributed by atoms with Crippen LogP contribution in [-0.2, 0) is 4.79 Å². The Kier molecular flexibility index (Phi) is 6.19. The highest BCUT2D eigenvalue weighted by Crippen LogP contribution is 2.32. The molecule has 0 fully saturated rings. The summed E-state index contributed by atoms with van der Waals surface area (Å²) in [6, 6.07) is -4.36. The predicted molar refractivity (Wildman–Crippen MR) is 87.1 cm³/mol. The van der Waals surface area contributed by atoms with Crippen LogP contribution in [0.15, 0.2) is 6.08 Å². The maximum absolute atomic E-state index is 14.7. The van der Waals surface area contributed by atoms with Crippen molar-refractivity contribution < 1.29 is 35.5 Å². The van der Waals surface area contributed by atoms with Gasteiger partial charge in [-0.25, -0.2) is 9.37 Å². The maximum atomic E-state index is 14.7. The minimum absolute atomic E-state index is 0.0848. The molecule has 2 rings (SSSR count). The van der Waals surface area contributed by atoms with E-state index in [1.807, 2.05) is 10.6 Å². The number of carbonyl (C=O) groups excluding carboxylic acids is 1. The van der Waals surface area contributed by atoms with E-state index in [0.717, 1.165) is 13.0 Å². The number of ketones is 1. The summed E-state index contributed by atoms with van der Waals surface area (Å²) in [5, 5.41) is 3.71. The monoisotopic (exact) mass is 414 g/mol. The molecule has 0 radical (unpaired) electrons. The van der Waals surface area contributed by atoms with E-state index in [1.54, 1.807) is 0 Å². The van der Waals surface area contributed by atoms with Crippen LogP contribution in [0.4, 0.5) is 42.5 Å². The van der Waals surface area contributed by atoms with Crippen LogP contribution in [0.3, 0.4) is 0 Å². The van der Waals surface area contributed by atoms with Gasteiger partial charge in [-0.2, -0.15) is 31.3 Å². The van der Waals surface area contributed by atoms with Crippen molar-refractivity contribution in [3.05, 3.63) is 17.6 Å². The van der Waals surface area contributed by atoms with Crippen LogP contribution in [0.25, 0.3) is 5.57 Å². The number of nitrogens with one attached hydrogen (secondary N) is 2. The van der Waals surface area contributed by atoms with Crippen molar-refractivity contribution in [2.75, 3.05) is 10.6 Å². The lowest BCUT2D eigenvalue weighted by Crippen LogP contribution is -2.35. The van der Waals surface area contributed by atoms with Gasteiger partial charge in [-0.1, -0.05) is 0 Å². The zero-order chi connectivity index (χ0) is 21.3. The molecule has 2 atom stereocenters. The molecule has 0 aromatic carbocycles. The lowest BCUT2D eigenvalue weighted by Gasteiger charge is -2.22. The summed E-state index contributed by atoms with van der Waals surface area (Å²) in [6.07, 6.45) is -7.58. The fourth-order valence-corrected chi connectivity index (χ4v) is 2.36. The quantitative estimate of drug-likeness (QED) is 0.696. The van der Waals surface area contributed by atoms with Crippen LogP contribution in [0.5, 0.6) is 0 Å². The van der Waals surface area contributed by atoms with Gasteiger partial charge in [0.1, 0.15) is 17.8 Å². The Labute approximate surface area is 155 Å². The summed E-state index contributed by atoms with van der Waals surface area (Å²) >= 11 is 0. The van der Waals surface area contributed by atoms with Crippen LogP contribution in [0, 0.1) is 5.82 Å². The highest BCUT2D eigenvalue weighted by atomic mass is 19.4. The Morgan fingerprint density at radius 1 is 0.964 bits per heavy atom. The largest absolute Gasteiger partial charge is 0.408 e. The number of alkyl halides is 6. The second kappa shape index (κ2) is 7.92. The van der Waals surface area contributed by atoms with Gasteiger partial charge in [0.25, 0.3) is 0 Å². The number of hydrogen-bond donors (Lipinski definition) is 2. The first-order valence-electron chi connectivity index (χ1n) is 8.27. The van der Waals surface area contributed by atoms with E-state index >= 15 is 0 Å². The van der Waals surface area contributed by atoms with Gasteiger partial charge < -0.3 is 10.6 Å². The first-order valence-corrected chi connectivity index (χ1v) is 8.27. The van der Waals surface area contributed by atoms with Crippen LogP contribution >= 0.6 is 0 Å². The van der Waals surface area contributed by atoms with E-state index in [0.29, 0.717) is 13.3 Å². The van der Waals surface area contributed by atoms with E-state index in [2.05, 4.69) is 9.97 Å². The number of allylic oxidation sites excluding steroid dienone is 2. The number of anilines is 2. The molecule has 1 aromatic rings. The van der Waals surface area contributed by atoms with E-state index in [4.69, 9.17) is 0 Å². The Morgan fingerprint density at radius 2 is 1.54 bits per heavy atom. The normalized spacial score (nSPS) is 17.8. The molecule has 0 spiro atoms. The SMILES string of the molecule is CC(Nc1nc(NC(C)C(F)(F)F)c(F)c(C2=CC(=O)CCC2)n1)C(F)(F)F. The second-order valence-electron chi connectivity index (χ2n) is 6.36. The zero-order valence-electron chi connectivity index (χ0n) is 14.8. The fraction of sp³-hybridized carbons (Fsp3) is 0.562. The van der Waals surface area contributed by atoms with Crippen molar-refractivity contribution in [3.8, 4) is 0 Å². The molecule has 0 saturated heterocycles. The molecule has 0 bridgehead atoms. The number of carbonyl (C=O) groups is 1. The van der Waals surface area contributed by atoms with Gasteiger partial charge >= 0.3 is 12.4 Å². The van der Waals surface area contributed by atoms with Crippen molar-refractivity contribution in [1.82, 2.24) is 9.97 Å². The third kappa shape index (κ3) is 5.32. The van der Waals surface area contributed by atoms with Crippen molar-refractivity contribution in [3.63, 3.8) is 0 Å². The molecule has 0 saturated carbocycles. The maximum Gasteiger partial charge on any atom is 0.408 e. The molecular formula is C16H17F7N4O. The first kappa shape index (κ1) is 21.9. The van der Waals surface area contributed by atoms with E-state index in [9.17, 15) is 35.5 Å². The van der Waals surface area contributed by atoms with Crippen molar-refractivity contribution in [1.29, 1.82) is 0 Å².